The van der Waals surface area contributed by atoms with Gasteiger partial charge in [-0.25, -0.2) is 4.79 Å². The van der Waals surface area contributed by atoms with Crippen molar-refractivity contribution >= 4 is 17.6 Å². The lowest BCUT2D eigenvalue weighted by atomic mass is 9.89. The van der Waals surface area contributed by atoms with Crippen LogP contribution in [0.15, 0.2) is 24.3 Å². The van der Waals surface area contributed by atoms with E-state index in [0.29, 0.717) is 32.5 Å². The third kappa shape index (κ3) is 2.58. The monoisotopic (exact) mass is 290 g/mol. The van der Waals surface area contributed by atoms with Gasteiger partial charge >= 0.3 is 5.97 Å². The van der Waals surface area contributed by atoms with Gasteiger partial charge in [0.05, 0.1) is 0 Å². The summed E-state index contributed by atoms with van der Waals surface area (Å²) in [6, 6.07) is 7.31. The Bertz CT molecular complexity index is 542. The quantitative estimate of drug-likeness (QED) is 0.765. The average molecular weight is 290 g/mol. The minimum atomic E-state index is -1.20. The molecule has 1 fully saturated rings. The second-order valence-electron chi connectivity index (χ2n) is 5.55. The Morgan fingerprint density at radius 3 is 2.67 bits per heavy atom. The maximum atomic E-state index is 12.4. The van der Waals surface area contributed by atoms with Gasteiger partial charge in [0, 0.05) is 38.2 Å². The van der Waals surface area contributed by atoms with E-state index in [2.05, 4.69) is 10.6 Å². The van der Waals surface area contributed by atoms with E-state index in [1.54, 1.807) is 0 Å². The minimum absolute atomic E-state index is 0.268. The van der Waals surface area contributed by atoms with Crippen molar-refractivity contribution in [1.82, 2.24) is 5.32 Å². The summed E-state index contributed by atoms with van der Waals surface area (Å²) < 4.78 is 5.20. The molecule has 0 saturated carbocycles. The number of aliphatic carboxylic acids is 1. The number of rotatable bonds is 3. The molecular formula is C15H18N2O4. The topological polar surface area (TPSA) is 87.7 Å². The van der Waals surface area contributed by atoms with Crippen molar-refractivity contribution in [2.45, 2.75) is 30.8 Å². The predicted molar refractivity (Wildman–Crippen MR) is 76.1 cm³/mol. The van der Waals surface area contributed by atoms with Crippen molar-refractivity contribution in [2.75, 3.05) is 18.5 Å². The number of carbonyl (C=O) groups excluding carboxylic acids is 1. The van der Waals surface area contributed by atoms with Gasteiger partial charge in [0.2, 0.25) is 5.91 Å². The summed E-state index contributed by atoms with van der Waals surface area (Å²) in [4.78, 5) is 24.0. The van der Waals surface area contributed by atoms with Crippen LogP contribution in [0.3, 0.4) is 0 Å². The zero-order valence-corrected chi connectivity index (χ0v) is 11.6. The Kier molecular flexibility index (Phi) is 3.55. The maximum absolute atomic E-state index is 12.4. The van der Waals surface area contributed by atoms with E-state index in [0.717, 1.165) is 11.3 Å². The maximum Gasteiger partial charge on any atom is 0.329 e. The zero-order valence-electron chi connectivity index (χ0n) is 11.6. The number of carboxylic acid groups (broad SMARTS) is 1. The van der Waals surface area contributed by atoms with Crippen molar-refractivity contribution < 1.29 is 19.4 Å². The number of benzene rings is 1. The summed E-state index contributed by atoms with van der Waals surface area (Å²) in [7, 11) is 0. The molecule has 6 nitrogen and oxygen atoms in total. The van der Waals surface area contributed by atoms with Crippen LogP contribution in [-0.2, 0) is 20.7 Å². The molecule has 2 aliphatic heterocycles. The number of para-hydroxylation sites is 1. The molecule has 0 bridgehead atoms. The molecule has 1 amide bonds. The van der Waals surface area contributed by atoms with Crippen LogP contribution in [0.2, 0.25) is 0 Å². The van der Waals surface area contributed by atoms with Crippen molar-refractivity contribution in [1.29, 1.82) is 0 Å². The molecule has 3 rings (SSSR count). The SMILES string of the molecule is O=C(NC1(C(=O)O)CCOCC1)[C@@H]1Cc2ccccc2N1. The molecule has 0 aliphatic carbocycles. The highest BCUT2D eigenvalue weighted by molar-refractivity contribution is 5.92. The Hall–Kier alpha value is -2.08. The standard InChI is InChI=1S/C15H18N2O4/c18-13(12-9-10-3-1-2-4-11(10)16-12)17-15(14(19)20)5-7-21-8-6-15/h1-4,12,16H,5-9H2,(H,17,18)(H,19,20)/t12-/m0/s1. The highest BCUT2D eigenvalue weighted by atomic mass is 16.5. The summed E-state index contributed by atoms with van der Waals surface area (Å²) in [5, 5.41) is 15.3. The molecule has 0 radical (unpaired) electrons. The van der Waals surface area contributed by atoms with E-state index in [1.165, 1.54) is 0 Å². The first kappa shape index (κ1) is 13.9. The van der Waals surface area contributed by atoms with Gasteiger partial charge in [0.1, 0.15) is 11.6 Å². The number of hydrogen-bond donors (Lipinski definition) is 3. The molecule has 2 aliphatic rings. The molecule has 112 valence electrons. The molecule has 6 heteroatoms. The van der Waals surface area contributed by atoms with Crippen LogP contribution in [0.25, 0.3) is 0 Å². The van der Waals surface area contributed by atoms with Crippen LogP contribution in [-0.4, -0.2) is 41.8 Å². The fourth-order valence-corrected chi connectivity index (χ4v) is 2.89. The summed E-state index contributed by atoms with van der Waals surface area (Å²) in [6.45, 7) is 0.704. The lowest BCUT2D eigenvalue weighted by molar-refractivity contribution is -0.152. The van der Waals surface area contributed by atoms with Crippen LogP contribution in [0, 0.1) is 0 Å². The molecule has 2 heterocycles. The van der Waals surface area contributed by atoms with Gasteiger partial charge in [-0.3, -0.25) is 4.79 Å². The minimum Gasteiger partial charge on any atom is -0.480 e. The lowest BCUT2D eigenvalue weighted by Gasteiger charge is -2.34. The molecule has 1 atom stereocenters. The number of fused-ring (bicyclic) bond motifs is 1. The average Bonchev–Trinajstić information content (AvgIpc) is 2.92. The second kappa shape index (κ2) is 5.37. The largest absolute Gasteiger partial charge is 0.480 e. The number of ether oxygens (including phenoxy) is 1. The van der Waals surface area contributed by atoms with Crippen LogP contribution in [0.5, 0.6) is 0 Å². The zero-order chi connectivity index (χ0) is 14.9. The van der Waals surface area contributed by atoms with Crippen LogP contribution in [0.1, 0.15) is 18.4 Å². The summed E-state index contributed by atoms with van der Waals surface area (Å²) in [5.74, 6) is -1.26. The van der Waals surface area contributed by atoms with Gasteiger partial charge in [-0.2, -0.15) is 0 Å². The molecule has 0 unspecified atom stereocenters. The van der Waals surface area contributed by atoms with Crippen molar-refractivity contribution in [3.63, 3.8) is 0 Å². The van der Waals surface area contributed by atoms with E-state index >= 15 is 0 Å². The molecule has 1 aromatic rings. The highest BCUT2D eigenvalue weighted by Crippen LogP contribution is 2.27. The van der Waals surface area contributed by atoms with Crippen LogP contribution >= 0.6 is 0 Å². The van der Waals surface area contributed by atoms with Gasteiger partial charge in [0.25, 0.3) is 0 Å². The second-order valence-corrected chi connectivity index (χ2v) is 5.55. The van der Waals surface area contributed by atoms with Gasteiger partial charge in [-0.15, -0.1) is 0 Å². The Balaban J connectivity index is 1.70. The van der Waals surface area contributed by atoms with Crippen molar-refractivity contribution in [3.05, 3.63) is 29.8 Å². The highest BCUT2D eigenvalue weighted by Gasteiger charge is 2.43. The summed E-state index contributed by atoms with van der Waals surface area (Å²) in [6.07, 6.45) is 1.18. The molecule has 0 aromatic heterocycles. The van der Waals surface area contributed by atoms with Gasteiger partial charge in [-0.1, -0.05) is 18.2 Å². The Morgan fingerprint density at radius 1 is 1.29 bits per heavy atom. The molecule has 1 aromatic carbocycles. The van der Waals surface area contributed by atoms with E-state index < -0.39 is 17.6 Å². The number of carbonyl (C=O) groups is 2. The van der Waals surface area contributed by atoms with E-state index in [-0.39, 0.29) is 5.91 Å². The first-order valence-electron chi connectivity index (χ1n) is 7.08. The molecule has 0 spiro atoms. The first-order valence-corrected chi connectivity index (χ1v) is 7.08. The summed E-state index contributed by atoms with van der Waals surface area (Å²) in [5.41, 5.74) is 0.814. The fraction of sp³-hybridized carbons (Fsp3) is 0.467. The Morgan fingerprint density at radius 2 is 2.00 bits per heavy atom. The van der Waals surface area contributed by atoms with Crippen LogP contribution < -0.4 is 10.6 Å². The lowest BCUT2D eigenvalue weighted by Crippen LogP contribution is -2.60. The van der Waals surface area contributed by atoms with Crippen LogP contribution in [0.4, 0.5) is 5.69 Å². The third-order valence-corrected chi connectivity index (χ3v) is 4.21. The smallest absolute Gasteiger partial charge is 0.329 e. The molecule has 3 N–H and O–H groups in total. The number of amides is 1. The predicted octanol–water partition coefficient (Wildman–Crippen LogP) is 0.773. The number of hydrogen-bond acceptors (Lipinski definition) is 4. The van der Waals surface area contributed by atoms with E-state index in [1.807, 2.05) is 24.3 Å². The first-order chi connectivity index (χ1) is 10.1. The number of nitrogens with one attached hydrogen (secondary N) is 2. The molecule has 1 saturated heterocycles. The number of carboxylic acids is 1. The third-order valence-electron chi connectivity index (χ3n) is 4.21. The molecular weight excluding hydrogens is 272 g/mol. The van der Waals surface area contributed by atoms with Crippen molar-refractivity contribution in [2.24, 2.45) is 0 Å². The summed E-state index contributed by atoms with van der Waals surface area (Å²) >= 11 is 0. The van der Waals surface area contributed by atoms with Gasteiger partial charge in [0.15, 0.2) is 0 Å². The van der Waals surface area contributed by atoms with E-state index in [9.17, 15) is 14.7 Å². The van der Waals surface area contributed by atoms with E-state index in [4.69, 9.17) is 4.74 Å². The molecule has 21 heavy (non-hydrogen) atoms. The van der Waals surface area contributed by atoms with Gasteiger partial charge < -0.3 is 20.5 Å². The fourth-order valence-electron chi connectivity index (χ4n) is 2.89. The Labute approximate surface area is 122 Å². The van der Waals surface area contributed by atoms with Crippen molar-refractivity contribution in [3.8, 4) is 0 Å². The number of anilines is 1. The normalized spacial score (nSPS) is 23.0. The van der Waals surface area contributed by atoms with Gasteiger partial charge in [-0.05, 0) is 11.6 Å².